The predicted octanol–water partition coefficient (Wildman–Crippen LogP) is 2.14. The van der Waals surface area contributed by atoms with Gasteiger partial charge in [0.2, 0.25) is 0 Å². The SMILES string of the molecule is CNCCOCCc1ccc(OC)c(Cl)c1OC. The third-order valence-electron chi connectivity index (χ3n) is 2.58. The number of likely N-dealkylation sites (N-methyl/N-ethyl adjacent to an activating group) is 1. The molecule has 0 aromatic heterocycles. The van der Waals surface area contributed by atoms with Crippen LogP contribution in [0.5, 0.6) is 11.5 Å². The van der Waals surface area contributed by atoms with Gasteiger partial charge in [-0.1, -0.05) is 17.7 Å². The summed E-state index contributed by atoms with van der Waals surface area (Å²) >= 11 is 6.18. The smallest absolute Gasteiger partial charge is 0.144 e. The lowest BCUT2D eigenvalue weighted by molar-refractivity contribution is 0.140. The number of nitrogens with one attached hydrogen (secondary N) is 1. The number of ether oxygens (including phenoxy) is 3. The van der Waals surface area contributed by atoms with E-state index >= 15 is 0 Å². The molecule has 0 saturated heterocycles. The van der Waals surface area contributed by atoms with Gasteiger partial charge in [-0.3, -0.25) is 0 Å². The van der Waals surface area contributed by atoms with Crippen molar-refractivity contribution < 1.29 is 14.2 Å². The van der Waals surface area contributed by atoms with Gasteiger partial charge in [-0.25, -0.2) is 0 Å². The van der Waals surface area contributed by atoms with Crippen LogP contribution in [0.1, 0.15) is 5.56 Å². The van der Waals surface area contributed by atoms with E-state index in [4.69, 9.17) is 25.8 Å². The van der Waals surface area contributed by atoms with E-state index < -0.39 is 0 Å². The quantitative estimate of drug-likeness (QED) is 0.737. The Bertz CT molecular complexity index is 371. The molecule has 1 aromatic carbocycles. The molecule has 1 N–H and O–H groups in total. The van der Waals surface area contributed by atoms with Gasteiger partial charge in [-0.15, -0.1) is 0 Å². The van der Waals surface area contributed by atoms with E-state index in [1.54, 1.807) is 14.2 Å². The van der Waals surface area contributed by atoms with Crippen molar-refractivity contribution in [3.63, 3.8) is 0 Å². The molecule has 0 heterocycles. The molecule has 102 valence electrons. The topological polar surface area (TPSA) is 39.7 Å². The van der Waals surface area contributed by atoms with E-state index in [1.165, 1.54) is 0 Å². The molecule has 0 aliphatic rings. The van der Waals surface area contributed by atoms with Crippen LogP contribution >= 0.6 is 11.6 Å². The van der Waals surface area contributed by atoms with Crippen LogP contribution in [0, 0.1) is 0 Å². The van der Waals surface area contributed by atoms with Crippen molar-refractivity contribution >= 4 is 11.6 Å². The number of hydrogen-bond donors (Lipinski definition) is 1. The Morgan fingerprint density at radius 2 is 1.94 bits per heavy atom. The summed E-state index contributed by atoms with van der Waals surface area (Å²) < 4.78 is 15.9. The Morgan fingerprint density at radius 1 is 1.17 bits per heavy atom. The molecule has 0 atom stereocenters. The number of methoxy groups -OCH3 is 2. The first-order chi connectivity index (χ1) is 8.74. The lowest BCUT2D eigenvalue weighted by Crippen LogP contribution is -2.15. The van der Waals surface area contributed by atoms with Crippen molar-refractivity contribution in [3.8, 4) is 11.5 Å². The monoisotopic (exact) mass is 273 g/mol. The summed E-state index contributed by atoms with van der Waals surface area (Å²) in [5.74, 6) is 1.28. The van der Waals surface area contributed by atoms with Crippen molar-refractivity contribution in [2.45, 2.75) is 6.42 Å². The van der Waals surface area contributed by atoms with Crippen molar-refractivity contribution in [2.75, 3.05) is 41.0 Å². The Hall–Kier alpha value is -0.970. The minimum absolute atomic E-state index is 0.507. The molecule has 0 aliphatic heterocycles. The van der Waals surface area contributed by atoms with Crippen molar-refractivity contribution in [1.82, 2.24) is 5.32 Å². The summed E-state index contributed by atoms with van der Waals surface area (Å²) in [6.07, 6.45) is 0.761. The molecule has 0 spiro atoms. The standard InChI is InChI=1S/C13H20ClNO3/c1-15-7-9-18-8-6-10-4-5-11(16-2)12(14)13(10)17-3/h4-5,15H,6-9H2,1-3H3. The van der Waals surface area contributed by atoms with Crippen LogP contribution in [-0.4, -0.2) is 41.0 Å². The van der Waals surface area contributed by atoms with Crippen LogP contribution in [0.3, 0.4) is 0 Å². The average molecular weight is 274 g/mol. The van der Waals surface area contributed by atoms with Gasteiger partial charge in [-0.2, -0.15) is 0 Å². The molecule has 0 aliphatic carbocycles. The molecule has 0 unspecified atom stereocenters. The van der Waals surface area contributed by atoms with E-state index in [2.05, 4.69) is 5.32 Å². The Kier molecular flexibility index (Phi) is 6.86. The van der Waals surface area contributed by atoms with Gasteiger partial charge in [0.25, 0.3) is 0 Å². The first-order valence-corrected chi connectivity index (χ1v) is 6.24. The maximum absolute atomic E-state index is 6.18. The van der Waals surface area contributed by atoms with Gasteiger partial charge >= 0.3 is 0 Å². The lowest BCUT2D eigenvalue weighted by atomic mass is 10.1. The van der Waals surface area contributed by atoms with Crippen LogP contribution in [0.2, 0.25) is 5.02 Å². The second-order valence-electron chi connectivity index (χ2n) is 3.74. The lowest BCUT2D eigenvalue weighted by Gasteiger charge is -2.13. The molecule has 0 bridgehead atoms. The van der Waals surface area contributed by atoms with Crippen LogP contribution in [0.4, 0.5) is 0 Å². The predicted molar refractivity (Wildman–Crippen MR) is 73.0 cm³/mol. The Labute approximate surface area is 113 Å². The van der Waals surface area contributed by atoms with Gasteiger partial charge in [0.05, 0.1) is 27.4 Å². The van der Waals surface area contributed by atoms with E-state index in [9.17, 15) is 0 Å². The normalized spacial score (nSPS) is 10.4. The third kappa shape index (κ3) is 4.05. The highest BCUT2D eigenvalue weighted by atomic mass is 35.5. The summed E-state index contributed by atoms with van der Waals surface area (Å²) in [6, 6.07) is 3.79. The summed E-state index contributed by atoms with van der Waals surface area (Å²) in [4.78, 5) is 0. The molecule has 1 aromatic rings. The summed E-state index contributed by atoms with van der Waals surface area (Å²) in [5.41, 5.74) is 1.02. The van der Waals surface area contributed by atoms with Crippen LogP contribution in [0.15, 0.2) is 12.1 Å². The zero-order valence-electron chi connectivity index (χ0n) is 11.1. The minimum Gasteiger partial charge on any atom is -0.495 e. The Morgan fingerprint density at radius 3 is 2.56 bits per heavy atom. The largest absolute Gasteiger partial charge is 0.495 e. The highest BCUT2D eigenvalue weighted by Crippen LogP contribution is 2.36. The molecule has 0 saturated carbocycles. The first-order valence-electron chi connectivity index (χ1n) is 5.86. The van der Waals surface area contributed by atoms with E-state index in [1.807, 2.05) is 19.2 Å². The molecule has 5 heteroatoms. The van der Waals surface area contributed by atoms with Gasteiger partial charge in [0, 0.05) is 6.54 Å². The molecular weight excluding hydrogens is 254 g/mol. The maximum atomic E-state index is 6.18. The molecule has 1 rings (SSSR count). The molecule has 0 amide bonds. The molecule has 18 heavy (non-hydrogen) atoms. The fourth-order valence-electron chi connectivity index (χ4n) is 1.61. The number of rotatable bonds is 8. The molecular formula is C13H20ClNO3. The van der Waals surface area contributed by atoms with Gasteiger partial charge in [0.1, 0.15) is 16.5 Å². The number of halogens is 1. The fraction of sp³-hybridized carbons (Fsp3) is 0.538. The van der Waals surface area contributed by atoms with E-state index in [0.29, 0.717) is 29.7 Å². The summed E-state index contributed by atoms with van der Waals surface area (Å²) in [7, 11) is 5.09. The fourth-order valence-corrected chi connectivity index (χ4v) is 1.95. The Balaban J connectivity index is 2.62. The zero-order valence-corrected chi connectivity index (χ0v) is 11.8. The van der Waals surface area contributed by atoms with Crippen molar-refractivity contribution in [2.24, 2.45) is 0 Å². The van der Waals surface area contributed by atoms with Crippen LogP contribution in [-0.2, 0) is 11.2 Å². The van der Waals surface area contributed by atoms with Crippen molar-refractivity contribution in [3.05, 3.63) is 22.7 Å². The molecule has 0 fully saturated rings. The first kappa shape index (κ1) is 15.1. The zero-order chi connectivity index (χ0) is 13.4. The maximum Gasteiger partial charge on any atom is 0.144 e. The van der Waals surface area contributed by atoms with Crippen LogP contribution < -0.4 is 14.8 Å². The highest BCUT2D eigenvalue weighted by molar-refractivity contribution is 6.33. The number of benzene rings is 1. The van der Waals surface area contributed by atoms with Gasteiger partial charge < -0.3 is 19.5 Å². The highest BCUT2D eigenvalue weighted by Gasteiger charge is 2.12. The van der Waals surface area contributed by atoms with Crippen LogP contribution in [0.25, 0.3) is 0 Å². The third-order valence-corrected chi connectivity index (χ3v) is 2.94. The minimum atomic E-state index is 0.507. The van der Waals surface area contributed by atoms with Gasteiger partial charge in [0.15, 0.2) is 0 Å². The summed E-state index contributed by atoms with van der Waals surface area (Å²) in [5, 5.41) is 3.53. The average Bonchev–Trinajstić information content (AvgIpc) is 2.39. The second kappa shape index (κ2) is 8.19. The second-order valence-corrected chi connectivity index (χ2v) is 4.12. The van der Waals surface area contributed by atoms with Gasteiger partial charge in [-0.05, 0) is 25.1 Å². The molecule has 4 nitrogen and oxygen atoms in total. The van der Waals surface area contributed by atoms with E-state index in [0.717, 1.165) is 18.5 Å². The van der Waals surface area contributed by atoms with E-state index in [-0.39, 0.29) is 0 Å². The van der Waals surface area contributed by atoms with Crippen molar-refractivity contribution in [1.29, 1.82) is 0 Å². The molecule has 0 radical (unpaired) electrons. The summed E-state index contributed by atoms with van der Waals surface area (Å²) in [6.45, 7) is 2.18. The number of hydrogen-bond acceptors (Lipinski definition) is 4.